The van der Waals surface area contributed by atoms with Gasteiger partial charge in [-0.25, -0.2) is 0 Å². The van der Waals surface area contributed by atoms with Gasteiger partial charge in [0.05, 0.1) is 5.54 Å². The average Bonchev–Trinajstić information content (AvgIpc) is 2.44. The van der Waals surface area contributed by atoms with E-state index in [-0.39, 0.29) is 11.9 Å². The zero-order valence-electron chi connectivity index (χ0n) is 12.9. The Bertz CT molecular complexity index is 495. The molecule has 0 radical (unpaired) electrons. The molecule has 116 valence electrons. The van der Waals surface area contributed by atoms with E-state index >= 15 is 0 Å². The zero-order chi connectivity index (χ0) is 15.5. The van der Waals surface area contributed by atoms with Gasteiger partial charge in [0, 0.05) is 17.6 Å². The van der Waals surface area contributed by atoms with Crippen molar-refractivity contribution in [2.24, 2.45) is 5.73 Å². The van der Waals surface area contributed by atoms with Gasteiger partial charge in [-0.05, 0) is 44.4 Å². The molecule has 21 heavy (non-hydrogen) atoms. The molecule has 2 N–H and O–H groups in total. The Balaban J connectivity index is 2.16. The monoisotopic (exact) mass is 308 g/mol. The van der Waals surface area contributed by atoms with Crippen molar-refractivity contribution in [1.29, 1.82) is 0 Å². The van der Waals surface area contributed by atoms with Gasteiger partial charge >= 0.3 is 0 Å². The number of carbonyl (C=O) groups excluding carboxylic acids is 1. The van der Waals surface area contributed by atoms with Crippen LogP contribution in [0.3, 0.4) is 0 Å². The van der Waals surface area contributed by atoms with Crippen molar-refractivity contribution in [3.05, 3.63) is 34.9 Å². The summed E-state index contributed by atoms with van der Waals surface area (Å²) < 4.78 is 0. The maximum Gasteiger partial charge on any atom is 0.243 e. The van der Waals surface area contributed by atoms with Crippen LogP contribution in [-0.2, 0) is 11.3 Å². The SMILES string of the molecule is CC(C)N(Cc1cccc(Cl)c1)C(=O)C1(N)CCCCC1. The summed E-state index contributed by atoms with van der Waals surface area (Å²) >= 11 is 6.04. The largest absolute Gasteiger partial charge is 0.334 e. The van der Waals surface area contributed by atoms with E-state index < -0.39 is 5.54 Å². The molecule has 1 aliphatic rings. The minimum absolute atomic E-state index is 0.0807. The molecule has 0 aliphatic heterocycles. The molecule has 0 saturated heterocycles. The van der Waals surface area contributed by atoms with Crippen LogP contribution < -0.4 is 5.73 Å². The van der Waals surface area contributed by atoms with Gasteiger partial charge in [-0.15, -0.1) is 0 Å². The van der Waals surface area contributed by atoms with Crippen LogP contribution in [0.1, 0.15) is 51.5 Å². The Labute approximate surface area is 132 Å². The van der Waals surface area contributed by atoms with E-state index in [4.69, 9.17) is 17.3 Å². The Kier molecular flexibility index (Phi) is 5.28. The van der Waals surface area contributed by atoms with Crippen molar-refractivity contribution in [1.82, 2.24) is 4.90 Å². The topological polar surface area (TPSA) is 46.3 Å². The van der Waals surface area contributed by atoms with Gasteiger partial charge in [-0.1, -0.05) is 43.0 Å². The minimum atomic E-state index is -0.679. The summed E-state index contributed by atoms with van der Waals surface area (Å²) in [6.07, 6.45) is 4.87. The molecule has 1 aromatic rings. The average molecular weight is 309 g/mol. The highest BCUT2D eigenvalue weighted by Crippen LogP contribution is 2.29. The number of rotatable bonds is 4. The highest BCUT2D eigenvalue weighted by Gasteiger charge is 2.39. The zero-order valence-corrected chi connectivity index (χ0v) is 13.7. The third-order valence-corrected chi connectivity index (χ3v) is 4.53. The Morgan fingerprint density at radius 3 is 2.57 bits per heavy atom. The lowest BCUT2D eigenvalue weighted by Crippen LogP contribution is -2.57. The number of nitrogens with zero attached hydrogens (tertiary/aromatic N) is 1. The number of amides is 1. The third kappa shape index (κ3) is 3.98. The molecule has 0 unspecified atom stereocenters. The fraction of sp³-hybridized carbons (Fsp3) is 0.588. The van der Waals surface area contributed by atoms with Crippen LogP contribution in [0.4, 0.5) is 0 Å². The lowest BCUT2D eigenvalue weighted by Gasteiger charge is -2.38. The van der Waals surface area contributed by atoms with E-state index in [1.165, 1.54) is 6.42 Å². The Morgan fingerprint density at radius 2 is 2.00 bits per heavy atom. The summed E-state index contributed by atoms with van der Waals surface area (Å²) in [5, 5.41) is 0.698. The number of hydrogen-bond donors (Lipinski definition) is 1. The lowest BCUT2D eigenvalue weighted by atomic mass is 9.81. The number of carbonyl (C=O) groups is 1. The Hall–Kier alpha value is -1.06. The fourth-order valence-corrected chi connectivity index (χ4v) is 3.22. The number of nitrogens with two attached hydrogens (primary N) is 1. The molecule has 1 amide bonds. The first-order valence-corrected chi connectivity index (χ1v) is 8.14. The van der Waals surface area contributed by atoms with Gasteiger partial charge in [0.1, 0.15) is 0 Å². The molecule has 1 fully saturated rings. The van der Waals surface area contributed by atoms with E-state index in [9.17, 15) is 4.79 Å². The van der Waals surface area contributed by atoms with Crippen LogP contribution in [0.25, 0.3) is 0 Å². The van der Waals surface area contributed by atoms with E-state index in [0.29, 0.717) is 11.6 Å². The molecule has 0 spiro atoms. The van der Waals surface area contributed by atoms with Crippen LogP contribution in [0.15, 0.2) is 24.3 Å². The minimum Gasteiger partial charge on any atom is -0.334 e. The summed E-state index contributed by atoms with van der Waals surface area (Å²) in [4.78, 5) is 14.8. The summed E-state index contributed by atoms with van der Waals surface area (Å²) in [6, 6.07) is 7.80. The first-order valence-electron chi connectivity index (χ1n) is 7.77. The second-order valence-electron chi connectivity index (χ2n) is 6.37. The first-order chi connectivity index (χ1) is 9.92. The molecular weight excluding hydrogens is 284 g/mol. The normalized spacial score (nSPS) is 17.8. The third-order valence-electron chi connectivity index (χ3n) is 4.30. The van der Waals surface area contributed by atoms with Crippen LogP contribution in [-0.4, -0.2) is 22.4 Å². The van der Waals surface area contributed by atoms with Crippen molar-refractivity contribution in [2.45, 2.75) is 64.1 Å². The number of benzene rings is 1. The van der Waals surface area contributed by atoms with E-state index in [1.807, 2.05) is 43.0 Å². The van der Waals surface area contributed by atoms with E-state index in [2.05, 4.69) is 0 Å². The van der Waals surface area contributed by atoms with Crippen molar-refractivity contribution in [2.75, 3.05) is 0 Å². The standard InChI is InChI=1S/C17H25ClN2O/c1-13(2)20(12-14-7-6-8-15(18)11-14)16(21)17(19)9-4-3-5-10-17/h6-8,11,13H,3-5,9-10,12,19H2,1-2H3. The van der Waals surface area contributed by atoms with Gasteiger partial charge < -0.3 is 10.6 Å². The molecule has 0 atom stereocenters. The second-order valence-corrected chi connectivity index (χ2v) is 6.81. The Morgan fingerprint density at radius 1 is 1.33 bits per heavy atom. The van der Waals surface area contributed by atoms with Crippen LogP contribution in [0.2, 0.25) is 5.02 Å². The van der Waals surface area contributed by atoms with E-state index in [1.54, 1.807) is 0 Å². The fourth-order valence-electron chi connectivity index (χ4n) is 3.00. The molecule has 3 nitrogen and oxygen atoms in total. The van der Waals surface area contributed by atoms with Crippen LogP contribution in [0.5, 0.6) is 0 Å². The van der Waals surface area contributed by atoms with Gasteiger partial charge in [0.25, 0.3) is 0 Å². The van der Waals surface area contributed by atoms with Crippen molar-refractivity contribution in [3.63, 3.8) is 0 Å². The van der Waals surface area contributed by atoms with Crippen molar-refractivity contribution < 1.29 is 4.79 Å². The quantitative estimate of drug-likeness (QED) is 0.921. The predicted octanol–water partition coefficient (Wildman–Crippen LogP) is 3.74. The van der Waals surface area contributed by atoms with Crippen LogP contribution in [0, 0.1) is 0 Å². The number of halogens is 1. The van der Waals surface area contributed by atoms with Gasteiger partial charge in [-0.2, -0.15) is 0 Å². The molecule has 1 aliphatic carbocycles. The van der Waals surface area contributed by atoms with E-state index in [0.717, 1.165) is 31.2 Å². The van der Waals surface area contributed by atoms with Gasteiger partial charge in [0.15, 0.2) is 0 Å². The maximum atomic E-state index is 12.9. The molecule has 1 saturated carbocycles. The number of hydrogen-bond acceptors (Lipinski definition) is 2. The van der Waals surface area contributed by atoms with Crippen molar-refractivity contribution in [3.8, 4) is 0 Å². The second kappa shape index (κ2) is 6.80. The summed E-state index contributed by atoms with van der Waals surface area (Å²) in [6.45, 7) is 4.64. The summed E-state index contributed by atoms with van der Waals surface area (Å²) in [7, 11) is 0. The first kappa shape index (κ1) is 16.3. The summed E-state index contributed by atoms with van der Waals surface area (Å²) in [5.74, 6) is 0.0807. The molecule has 0 aromatic heterocycles. The molecular formula is C17H25ClN2O. The molecule has 4 heteroatoms. The molecule has 1 aromatic carbocycles. The lowest BCUT2D eigenvalue weighted by molar-refractivity contribution is -0.140. The highest BCUT2D eigenvalue weighted by atomic mass is 35.5. The predicted molar refractivity (Wildman–Crippen MR) is 87.1 cm³/mol. The van der Waals surface area contributed by atoms with Crippen LogP contribution >= 0.6 is 11.6 Å². The maximum absolute atomic E-state index is 12.9. The molecule has 0 heterocycles. The van der Waals surface area contributed by atoms with Gasteiger partial charge in [0.2, 0.25) is 5.91 Å². The van der Waals surface area contributed by atoms with Crippen molar-refractivity contribution >= 4 is 17.5 Å². The highest BCUT2D eigenvalue weighted by molar-refractivity contribution is 6.30. The summed E-state index contributed by atoms with van der Waals surface area (Å²) in [5.41, 5.74) is 6.77. The molecule has 2 rings (SSSR count). The van der Waals surface area contributed by atoms with Gasteiger partial charge in [-0.3, -0.25) is 4.79 Å². The molecule has 0 bridgehead atoms. The smallest absolute Gasteiger partial charge is 0.243 e.